The van der Waals surface area contributed by atoms with E-state index in [2.05, 4.69) is 15.9 Å². The van der Waals surface area contributed by atoms with Crippen LogP contribution >= 0.6 is 27.5 Å². The molecule has 0 radical (unpaired) electrons. The number of carbonyl (C=O) groups excluding carboxylic acids is 1. The number of rotatable bonds is 4. The SMILES string of the molecule is O=C(O)CCC1CCCCN1C(=O)c1cc(Br)ccc1Cl. The van der Waals surface area contributed by atoms with Gasteiger partial charge in [0.1, 0.15) is 0 Å². The van der Waals surface area contributed by atoms with Gasteiger partial charge in [0.05, 0.1) is 10.6 Å². The molecular weight excluding hydrogens is 358 g/mol. The van der Waals surface area contributed by atoms with Gasteiger partial charge in [-0.05, 0) is 43.9 Å². The van der Waals surface area contributed by atoms with Gasteiger partial charge >= 0.3 is 5.97 Å². The lowest BCUT2D eigenvalue weighted by molar-refractivity contribution is -0.137. The second-order valence-corrected chi connectivity index (χ2v) is 6.53. The molecule has 1 aromatic carbocycles. The van der Waals surface area contributed by atoms with Crippen molar-refractivity contribution < 1.29 is 14.7 Å². The first-order valence-corrected chi connectivity index (χ1v) is 8.14. The Labute approximate surface area is 137 Å². The van der Waals surface area contributed by atoms with Gasteiger partial charge in [0, 0.05) is 23.5 Å². The minimum absolute atomic E-state index is 0.0163. The largest absolute Gasteiger partial charge is 0.481 e. The monoisotopic (exact) mass is 373 g/mol. The Morgan fingerprint density at radius 3 is 2.86 bits per heavy atom. The van der Waals surface area contributed by atoms with Crippen LogP contribution in [0.1, 0.15) is 42.5 Å². The summed E-state index contributed by atoms with van der Waals surface area (Å²) in [5.41, 5.74) is 0.466. The predicted molar refractivity (Wildman–Crippen MR) is 84.7 cm³/mol. The molecule has 6 heteroatoms. The van der Waals surface area contributed by atoms with E-state index in [4.69, 9.17) is 16.7 Å². The van der Waals surface area contributed by atoms with Crippen LogP contribution in [0.4, 0.5) is 0 Å². The highest BCUT2D eigenvalue weighted by atomic mass is 79.9. The molecule has 4 nitrogen and oxygen atoms in total. The van der Waals surface area contributed by atoms with Crippen LogP contribution in [-0.4, -0.2) is 34.5 Å². The minimum atomic E-state index is -0.825. The molecule has 0 saturated carbocycles. The van der Waals surface area contributed by atoms with Crippen molar-refractivity contribution in [2.75, 3.05) is 6.54 Å². The summed E-state index contributed by atoms with van der Waals surface area (Å²) in [6, 6.07) is 5.18. The highest BCUT2D eigenvalue weighted by molar-refractivity contribution is 9.10. The minimum Gasteiger partial charge on any atom is -0.481 e. The Kier molecular flexibility index (Phi) is 5.65. The number of amides is 1. The first kappa shape index (κ1) is 16.3. The second kappa shape index (κ2) is 7.27. The number of carboxylic acids is 1. The molecule has 0 aliphatic carbocycles. The molecule has 21 heavy (non-hydrogen) atoms. The standard InChI is InChI=1S/C15H17BrClNO3/c16-10-4-6-13(17)12(9-10)15(21)18-8-2-1-3-11(18)5-7-14(19)20/h4,6,9,11H,1-3,5,7-8H2,(H,19,20). The summed E-state index contributed by atoms with van der Waals surface area (Å²) in [6.45, 7) is 0.659. The molecule has 1 N–H and O–H groups in total. The van der Waals surface area contributed by atoms with Crippen molar-refractivity contribution in [1.82, 2.24) is 4.90 Å². The Balaban J connectivity index is 2.18. The molecule has 1 aliphatic rings. The summed E-state index contributed by atoms with van der Waals surface area (Å²) in [5, 5.41) is 9.26. The second-order valence-electron chi connectivity index (χ2n) is 5.20. The third-order valence-corrected chi connectivity index (χ3v) is 4.56. The van der Waals surface area contributed by atoms with E-state index in [1.165, 1.54) is 0 Å². The number of likely N-dealkylation sites (tertiary alicyclic amines) is 1. The van der Waals surface area contributed by atoms with E-state index in [9.17, 15) is 9.59 Å². The fourth-order valence-electron chi connectivity index (χ4n) is 2.67. The number of piperidine rings is 1. The van der Waals surface area contributed by atoms with Crippen molar-refractivity contribution >= 4 is 39.4 Å². The lowest BCUT2D eigenvalue weighted by atomic mass is 9.97. The van der Waals surface area contributed by atoms with Crippen molar-refractivity contribution in [3.8, 4) is 0 Å². The first-order valence-electron chi connectivity index (χ1n) is 6.97. The molecule has 1 amide bonds. The molecule has 2 rings (SSSR count). The van der Waals surface area contributed by atoms with Crippen molar-refractivity contribution in [2.24, 2.45) is 0 Å². The van der Waals surface area contributed by atoms with Crippen molar-refractivity contribution in [3.63, 3.8) is 0 Å². The van der Waals surface area contributed by atoms with Gasteiger partial charge in [0.15, 0.2) is 0 Å². The van der Waals surface area contributed by atoms with Gasteiger partial charge in [-0.15, -0.1) is 0 Å². The van der Waals surface area contributed by atoms with Gasteiger partial charge < -0.3 is 10.0 Å². The summed E-state index contributed by atoms with van der Waals surface area (Å²) in [6.07, 6.45) is 3.40. The van der Waals surface area contributed by atoms with Crippen LogP contribution in [0.2, 0.25) is 5.02 Å². The molecule has 0 bridgehead atoms. The van der Waals surface area contributed by atoms with Crippen LogP contribution < -0.4 is 0 Å². The zero-order chi connectivity index (χ0) is 15.4. The van der Waals surface area contributed by atoms with Gasteiger partial charge in [0.2, 0.25) is 0 Å². The quantitative estimate of drug-likeness (QED) is 0.868. The molecular formula is C15H17BrClNO3. The molecule has 114 valence electrons. The number of carbonyl (C=O) groups is 2. The molecule has 1 unspecified atom stereocenters. The van der Waals surface area contributed by atoms with Gasteiger partial charge in [-0.3, -0.25) is 9.59 Å². The van der Waals surface area contributed by atoms with E-state index in [0.717, 1.165) is 23.7 Å². The van der Waals surface area contributed by atoms with E-state index < -0.39 is 5.97 Å². The first-order chi connectivity index (χ1) is 9.99. The van der Waals surface area contributed by atoms with Gasteiger partial charge in [-0.25, -0.2) is 0 Å². The number of hydrogen-bond donors (Lipinski definition) is 1. The Hall–Kier alpha value is -1.07. The highest BCUT2D eigenvalue weighted by Gasteiger charge is 2.28. The number of carboxylic acid groups (broad SMARTS) is 1. The maximum Gasteiger partial charge on any atom is 0.303 e. The van der Waals surface area contributed by atoms with Crippen LogP contribution in [0.3, 0.4) is 0 Å². The third-order valence-electron chi connectivity index (χ3n) is 3.74. The molecule has 1 saturated heterocycles. The lowest BCUT2D eigenvalue weighted by Crippen LogP contribution is -2.44. The van der Waals surface area contributed by atoms with E-state index >= 15 is 0 Å². The molecule has 1 atom stereocenters. The van der Waals surface area contributed by atoms with Crippen molar-refractivity contribution in [1.29, 1.82) is 0 Å². The Morgan fingerprint density at radius 1 is 1.38 bits per heavy atom. The van der Waals surface area contributed by atoms with Gasteiger partial charge in [-0.2, -0.15) is 0 Å². The van der Waals surface area contributed by atoms with Crippen LogP contribution in [0, 0.1) is 0 Å². The zero-order valence-corrected chi connectivity index (χ0v) is 13.9. The average molecular weight is 375 g/mol. The number of halogens is 2. The summed E-state index contributed by atoms with van der Waals surface area (Å²) < 4.78 is 0.800. The fraction of sp³-hybridized carbons (Fsp3) is 0.467. The van der Waals surface area contributed by atoms with E-state index in [0.29, 0.717) is 23.6 Å². The molecule has 1 aromatic rings. The topological polar surface area (TPSA) is 57.6 Å². The smallest absolute Gasteiger partial charge is 0.303 e. The number of benzene rings is 1. The van der Waals surface area contributed by atoms with E-state index in [1.54, 1.807) is 23.1 Å². The number of hydrogen-bond acceptors (Lipinski definition) is 2. The normalized spacial score (nSPS) is 18.6. The van der Waals surface area contributed by atoms with Crippen LogP contribution in [0.25, 0.3) is 0 Å². The van der Waals surface area contributed by atoms with Crippen molar-refractivity contribution in [2.45, 2.75) is 38.1 Å². The number of aliphatic carboxylic acids is 1. The fourth-order valence-corrected chi connectivity index (χ4v) is 3.23. The molecule has 0 aromatic heterocycles. The molecule has 1 aliphatic heterocycles. The van der Waals surface area contributed by atoms with Crippen molar-refractivity contribution in [3.05, 3.63) is 33.3 Å². The van der Waals surface area contributed by atoms with Crippen LogP contribution in [-0.2, 0) is 4.79 Å². The maximum atomic E-state index is 12.7. The highest BCUT2D eigenvalue weighted by Crippen LogP contribution is 2.27. The predicted octanol–water partition coefficient (Wildman–Crippen LogP) is 3.96. The Morgan fingerprint density at radius 2 is 2.14 bits per heavy atom. The molecule has 1 fully saturated rings. The maximum absolute atomic E-state index is 12.7. The van der Waals surface area contributed by atoms with Crippen LogP contribution in [0.5, 0.6) is 0 Å². The summed E-state index contributed by atoms with van der Waals surface area (Å²) in [4.78, 5) is 25.2. The summed E-state index contributed by atoms with van der Waals surface area (Å²) in [5.74, 6) is -0.940. The summed E-state index contributed by atoms with van der Waals surface area (Å²) >= 11 is 9.47. The zero-order valence-electron chi connectivity index (χ0n) is 11.5. The summed E-state index contributed by atoms with van der Waals surface area (Å²) in [7, 11) is 0. The van der Waals surface area contributed by atoms with Gasteiger partial charge in [0.25, 0.3) is 5.91 Å². The third kappa shape index (κ3) is 4.20. The Bertz CT molecular complexity index is 550. The van der Waals surface area contributed by atoms with E-state index in [1.807, 2.05) is 0 Å². The average Bonchev–Trinajstić information content (AvgIpc) is 2.47. The number of nitrogens with zero attached hydrogens (tertiary/aromatic N) is 1. The van der Waals surface area contributed by atoms with Crippen LogP contribution in [0.15, 0.2) is 22.7 Å². The lowest BCUT2D eigenvalue weighted by Gasteiger charge is -2.36. The molecule has 1 heterocycles. The van der Waals surface area contributed by atoms with E-state index in [-0.39, 0.29) is 18.4 Å². The molecule has 0 spiro atoms. The van der Waals surface area contributed by atoms with Gasteiger partial charge in [-0.1, -0.05) is 27.5 Å².